The summed E-state index contributed by atoms with van der Waals surface area (Å²) in [7, 11) is 0. The molecule has 11 heteroatoms. The van der Waals surface area contributed by atoms with Crippen molar-refractivity contribution in [1.29, 1.82) is 5.26 Å². The maximum atomic E-state index is 12.6. The highest BCUT2D eigenvalue weighted by molar-refractivity contribution is 5.96. The Morgan fingerprint density at radius 2 is 1.62 bits per heavy atom. The number of para-hydroxylation sites is 1. The molecule has 0 radical (unpaired) electrons. The number of benzene rings is 3. The molecule has 0 aliphatic carbocycles. The number of amides is 1. The lowest BCUT2D eigenvalue weighted by Crippen LogP contribution is -2.43. The number of hydrogen-bond donors (Lipinski definition) is 3. The summed E-state index contributed by atoms with van der Waals surface area (Å²) >= 11 is 0. The maximum Gasteiger partial charge on any atom is 0.573 e. The number of phenols is 1. The van der Waals surface area contributed by atoms with Gasteiger partial charge >= 0.3 is 6.36 Å². The summed E-state index contributed by atoms with van der Waals surface area (Å²) in [6.07, 6.45) is -5.21. The second kappa shape index (κ2) is 12.1. The van der Waals surface area contributed by atoms with Crippen molar-refractivity contribution in [2.24, 2.45) is 0 Å². The van der Waals surface area contributed by atoms with Crippen LogP contribution in [0.2, 0.25) is 0 Å². The van der Waals surface area contributed by atoms with Crippen molar-refractivity contribution in [1.82, 2.24) is 10.2 Å². The minimum absolute atomic E-state index is 0.114. The molecule has 3 aromatic carbocycles. The first-order valence-electron chi connectivity index (χ1n) is 13.4. The largest absolute Gasteiger partial charge is 0.573 e. The Balaban J connectivity index is 1.25. The van der Waals surface area contributed by atoms with Gasteiger partial charge in [-0.25, -0.2) is 0 Å². The van der Waals surface area contributed by atoms with Crippen LogP contribution in [0.25, 0.3) is 0 Å². The van der Waals surface area contributed by atoms with Crippen molar-refractivity contribution >= 4 is 11.6 Å². The van der Waals surface area contributed by atoms with Crippen molar-refractivity contribution in [3.63, 3.8) is 0 Å². The fourth-order valence-corrected chi connectivity index (χ4v) is 5.50. The highest BCUT2D eigenvalue weighted by Crippen LogP contribution is 2.35. The first-order chi connectivity index (χ1) is 20.1. The Morgan fingerprint density at radius 3 is 2.21 bits per heavy atom. The molecule has 3 N–H and O–H groups in total. The molecule has 2 atom stereocenters. The van der Waals surface area contributed by atoms with Crippen LogP contribution in [0, 0.1) is 11.3 Å². The standard InChI is InChI=1S/C31H29F3N4O4/c32-31(33,34)42-25-11-9-24(10-12-25)37-16-22-18-38(19-23(22)17-37)27(29(40)21-7-5-20(15-35)6-8-21)13-14-36-30(41)26-3-1-2-4-28(26)39/h1-12,27,29,39-40H,13-14,16-19H2,(H,36,41). The average molecular weight is 579 g/mol. The molecule has 0 aromatic heterocycles. The van der Waals surface area contributed by atoms with Gasteiger partial charge in [-0.05, 0) is 71.7 Å². The Morgan fingerprint density at radius 1 is 0.976 bits per heavy atom. The van der Waals surface area contributed by atoms with Crippen molar-refractivity contribution in [3.05, 3.63) is 101 Å². The van der Waals surface area contributed by atoms with Gasteiger partial charge in [0.25, 0.3) is 5.91 Å². The van der Waals surface area contributed by atoms with Gasteiger partial charge in [-0.3, -0.25) is 9.69 Å². The molecule has 2 unspecified atom stereocenters. The number of nitrogens with zero attached hydrogens (tertiary/aromatic N) is 3. The van der Waals surface area contributed by atoms with E-state index in [9.17, 15) is 28.2 Å². The number of phenolic OH excluding ortho intramolecular Hbond substituents is 1. The summed E-state index contributed by atoms with van der Waals surface area (Å²) < 4.78 is 41.5. The zero-order valence-corrected chi connectivity index (χ0v) is 22.5. The quantitative estimate of drug-likeness (QED) is 0.321. The van der Waals surface area contributed by atoms with E-state index in [-0.39, 0.29) is 29.6 Å². The molecule has 0 spiro atoms. The second-order valence-corrected chi connectivity index (χ2v) is 10.3. The van der Waals surface area contributed by atoms with E-state index in [2.05, 4.69) is 25.9 Å². The lowest BCUT2D eigenvalue weighted by atomic mass is 9.97. The number of aliphatic hydroxyl groups excluding tert-OH is 1. The SMILES string of the molecule is N#Cc1ccc(C(O)C(CCNC(=O)c2ccccc2O)N2CC3=C(CN(c4ccc(OC(F)(F)F)cc4)C3)C2)cc1. The van der Waals surface area contributed by atoms with Crippen molar-refractivity contribution in [3.8, 4) is 17.6 Å². The van der Waals surface area contributed by atoms with Crippen LogP contribution in [0.4, 0.5) is 18.9 Å². The molecule has 0 fully saturated rings. The van der Waals surface area contributed by atoms with Crippen molar-refractivity contribution in [2.75, 3.05) is 37.6 Å². The predicted octanol–water partition coefficient (Wildman–Crippen LogP) is 4.52. The summed E-state index contributed by atoms with van der Waals surface area (Å²) in [5.41, 5.74) is 4.45. The Hall–Kier alpha value is -4.53. The minimum Gasteiger partial charge on any atom is -0.507 e. The molecular formula is C31H29F3N4O4. The van der Waals surface area contributed by atoms with Crippen LogP contribution in [0.5, 0.6) is 11.5 Å². The number of alkyl halides is 3. The zero-order valence-electron chi connectivity index (χ0n) is 22.5. The number of aliphatic hydroxyl groups is 1. The summed E-state index contributed by atoms with van der Waals surface area (Å²) in [6.45, 7) is 2.65. The van der Waals surface area contributed by atoms with E-state index in [1.54, 1.807) is 48.5 Å². The van der Waals surface area contributed by atoms with E-state index in [1.165, 1.54) is 35.4 Å². The fourth-order valence-electron chi connectivity index (χ4n) is 5.50. The molecular weight excluding hydrogens is 549 g/mol. The van der Waals surface area contributed by atoms with Gasteiger partial charge < -0.3 is 25.2 Å². The third-order valence-corrected chi connectivity index (χ3v) is 7.58. The number of nitrogens with one attached hydrogen (secondary N) is 1. The van der Waals surface area contributed by atoms with Gasteiger partial charge in [0.2, 0.25) is 0 Å². The summed E-state index contributed by atoms with van der Waals surface area (Å²) in [4.78, 5) is 16.9. The number of carbonyl (C=O) groups is 1. The molecule has 3 aromatic rings. The number of halogens is 3. The normalized spacial score (nSPS) is 16.6. The van der Waals surface area contributed by atoms with E-state index >= 15 is 0 Å². The topological polar surface area (TPSA) is 109 Å². The van der Waals surface area contributed by atoms with Crippen molar-refractivity contribution in [2.45, 2.75) is 24.9 Å². The Labute approximate surface area is 240 Å². The molecule has 8 nitrogen and oxygen atoms in total. The summed E-state index contributed by atoms with van der Waals surface area (Å²) in [6, 6.07) is 20.5. The number of carbonyl (C=O) groups excluding carboxylic acids is 1. The van der Waals surface area contributed by atoms with Gasteiger partial charge in [-0.15, -0.1) is 13.2 Å². The van der Waals surface area contributed by atoms with Crippen molar-refractivity contribution < 1.29 is 32.9 Å². The third kappa shape index (κ3) is 6.67. The lowest BCUT2D eigenvalue weighted by Gasteiger charge is -2.34. The van der Waals surface area contributed by atoms with Gasteiger partial charge in [0, 0.05) is 44.5 Å². The van der Waals surface area contributed by atoms with E-state index in [1.807, 2.05) is 0 Å². The van der Waals surface area contributed by atoms with Crippen LogP contribution in [0.3, 0.4) is 0 Å². The third-order valence-electron chi connectivity index (χ3n) is 7.58. The van der Waals surface area contributed by atoms with Gasteiger partial charge in [0.1, 0.15) is 11.5 Å². The van der Waals surface area contributed by atoms with E-state index in [4.69, 9.17) is 5.26 Å². The smallest absolute Gasteiger partial charge is 0.507 e. The van der Waals surface area contributed by atoms with Crippen LogP contribution in [-0.2, 0) is 0 Å². The van der Waals surface area contributed by atoms with E-state index < -0.39 is 18.4 Å². The molecule has 2 aliphatic heterocycles. The highest BCUT2D eigenvalue weighted by Gasteiger charge is 2.36. The average Bonchev–Trinajstić information content (AvgIpc) is 3.54. The second-order valence-electron chi connectivity index (χ2n) is 10.3. The van der Waals surface area contributed by atoms with Crippen LogP contribution in [0.1, 0.15) is 34.0 Å². The molecule has 0 saturated heterocycles. The van der Waals surface area contributed by atoms with Gasteiger partial charge in [0.05, 0.1) is 23.3 Å². The zero-order chi connectivity index (χ0) is 29.9. The maximum absolute atomic E-state index is 12.6. The molecule has 1 amide bonds. The Bertz CT molecular complexity index is 1480. The number of hydrogen-bond acceptors (Lipinski definition) is 7. The van der Waals surface area contributed by atoms with E-state index in [0.717, 1.165) is 5.69 Å². The van der Waals surface area contributed by atoms with Crippen LogP contribution < -0.4 is 15.0 Å². The predicted molar refractivity (Wildman–Crippen MR) is 149 cm³/mol. The molecule has 42 heavy (non-hydrogen) atoms. The summed E-state index contributed by atoms with van der Waals surface area (Å²) in [5, 5.41) is 33.4. The first-order valence-corrected chi connectivity index (χ1v) is 13.4. The highest BCUT2D eigenvalue weighted by atomic mass is 19.4. The first kappa shape index (κ1) is 29.0. The van der Waals surface area contributed by atoms with Crippen LogP contribution in [-0.4, -0.2) is 66.1 Å². The fraction of sp³-hybridized carbons (Fsp3) is 0.290. The molecule has 5 rings (SSSR count). The van der Waals surface area contributed by atoms with E-state index in [0.29, 0.717) is 43.7 Å². The van der Waals surface area contributed by atoms with Crippen LogP contribution in [0.15, 0.2) is 83.9 Å². The number of anilines is 1. The molecule has 2 heterocycles. The molecule has 2 aliphatic rings. The lowest BCUT2D eigenvalue weighted by molar-refractivity contribution is -0.274. The Kier molecular flexibility index (Phi) is 8.38. The number of nitriles is 1. The number of ether oxygens (including phenoxy) is 1. The van der Waals surface area contributed by atoms with Gasteiger partial charge in [-0.1, -0.05) is 24.3 Å². The monoisotopic (exact) mass is 578 g/mol. The molecule has 0 saturated carbocycles. The molecule has 218 valence electrons. The van der Waals surface area contributed by atoms with Gasteiger partial charge in [-0.2, -0.15) is 5.26 Å². The van der Waals surface area contributed by atoms with Crippen LogP contribution >= 0.6 is 0 Å². The molecule has 0 bridgehead atoms. The number of rotatable bonds is 9. The number of aromatic hydroxyl groups is 1. The van der Waals surface area contributed by atoms with Gasteiger partial charge in [0.15, 0.2) is 0 Å². The summed E-state index contributed by atoms with van der Waals surface area (Å²) in [5.74, 6) is -0.799. The minimum atomic E-state index is -4.74.